The predicted molar refractivity (Wildman–Crippen MR) is 96.9 cm³/mol. The summed E-state index contributed by atoms with van der Waals surface area (Å²) >= 11 is 0. The summed E-state index contributed by atoms with van der Waals surface area (Å²) in [5.41, 5.74) is 0.743. The summed E-state index contributed by atoms with van der Waals surface area (Å²) in [4.78, 5) is 28.2. The van der Waals surface area contributed by atoms with Crippen LogP contribution in [0.5, 0.6) is 5.75 Å². The molecule has 1 aromatic rings. The zero-order chi connectivity index (χ0) is 16.8. The Morgan fingerprint density at radius 2 is 2.12 bits per heavy atom. The van der Waals surface area contributed by atoms with Gasteiger partial charge in [0.1, 0.15) is 5.75 Å². The Morgan fingerprint density at radius 3 is 2.79 bits per heavy atom. The molecule has 1 aliphatic rings. The Hall–Kier alpha value is -1.79. The number of hydrogen-bond donors (Lipinski definition) is 1. The van der Waals surface area contributed by atoms with Crippen LogP contribution in [0.15, 0.2) is 24.3 Å². The molecule has 1 heterocycles. The van der Waals surface area contributed by atoms with Crippen molar-refractivity contribution in [3.05, 3.63) is 24.3 Å². The summed E-state index contributed by atoms with van der Waals surface area (Å²) in [6, 6.07) is 7.46. The van der Waals surface area contributed by atoms with Gasteiger partial charge in [-0.25, -0.2) is 0 Å². The van der Waals surface area contributed by atoms with E-state index in [0.717, 1.165) is 12.2 Å². The average Bonchev–Trinajstić information content (AvgIpc) is 2.94. The number of carbonyl (C=O) groups excluding carboxylic acids is 2. The zero-order valence-corrected chi connectivity index (χ0v) is 15.3. The largest absolute Gasteiger partial charge is 0.492 e. The van der Waals surface area contributed by atoms with Crippen molar-refractivity contribution in [2.75, 3.05) is 45.2 Å². The van der Waals surface area contributed by atoms with E-state index in [4.69, 9.17) is 4.74 Å². The number of amides is 2. The molecule has 2 rings (SSSR count). The average molecular weight is 356 g/mol. The minimum Gasteiger partial charge on any atom is -0.492 e. The molecule has 0 spiro atoms. The molecule has 0 aliphatic carbocycles. The fourth-order valence-electron chi connectivity index (χ4n) is 2.76. The second-order valence-electron chi connectivity index (χ2n) is 5.67. The number of para-hydroxylation sites is 2. The number of likely N-dealkylation sites (N-methyl/N-ethyl adjacent to an activating group) is 2. The van der Waals surface area contributed by atoms with Crippen LogP contribution < -0.4 is 15.0 Å². The van der Waals surface area contributed by atoms with E-state index in [9.17, 15) is 9.59 Å². The molecule has 1 saturated heterocycles. The van der Waals surface area contributed by atoms with Crippen molar-refractivity contribution < 1.29 is 14.3 Å². The third-order valence-corrected chi connectivity index (χ3v) is 4.00. The molecule has 2 amide bonds. The lowest BCUT2D eigenvalue weighted by molar-refractivity contribution is -0.134. The second-order valence-corrected chi connectivity index (χ2v) is 5.67. The van der Waals surface area contributed by atoms with Crippen LogP contribution >= 0.6 is 12.4 Å². The number of carbonyl (C=O) groups is 2. The molecule has 6 nitrogen and oxygen atoms in total. The standard InChI is InChI=1S/C17H25N3O3.ClH/c1-4-23-15-8-6-5-7-14(15)20-12-13(11-16(20)21)17(22)19(3)10-9-18-2;/h5-8,13,18H,4,9-12H2,1-3H3;1H. The summed E-state index contributed by atoms with van der Waals surface area (Å²) in [6.07, 6.45) is 0.253. The van der Waals surface area contributed by atoms with Gasteiger partial charge in [-0.15, -0.1) is 12.4 Å². The van der Waals surface area contributed by atoms with Crippen molar-refractivity contribution in [2.45, 2.75) is 13.3 Å². The minimum atomic E-state index is -0.293. The first kappa shape index (κ1) is 20.3. The molecule has 134 valence electrons. The third-order valence-electron chi connectivity index (χ3n) is 4.00. The van der Waals surface area contributed by atoms with Crippen LogP contribution in [0.1, 0.15) is 13.3 Å². The molecular weight excluding hydrogens is 330 g/mol. The normalized spacial score (nSPS) is 16.7. The van der Waals surface area contributed by atoms with Gasteiger partial charge >= 0.3 is 0 Å². The summed E-state index contributed by atoms with van der Waals surface area (Å²) in [5, 5.41) is 3.02. The van der Waals surface area contributed by atoms with Crippen molar-refractivity contribution in [1.82, 2.24) is 10.2 Å². The molecule has 1 aromatic carbocycles. The molecule has 1 aliphatic heterocycles. The number of nitrogens with zero attached hydrogens (tertiary/aromatic N) is 2. The Bertz CT molecular complexity index is 568. The van der Waals surface area contributed by atoms with Gasteiger partial charge in [0, 0.05) is 33.1 Å². The predicted octanol–water partition coefficient (Wildman–Crippen LogP) is 1.54. The number of benzene rings is 1. The molecule has 1 N–H and O–H groups in total. The van der Waals surface area contributed by atoms with Crippen LogP contribution in [0.25, 0.3) is 0 Å². The molecule has 0 saturated carbocycles. The number of nitrogens with one attached hydrogen (secondary N) is 1. The summed E-state index contributed by atoms with van der Waals surface area (Å²) in [5.74, 6) is 0.376. The molecule has 7 heteroatoms. The lowest BCUT2D eigenvalue weighted by Crippen LogP contribution is -2.38. The van der Waals surface area contributed by atoms with Crippen LogP contribution in [0.4, 0.5) is 5.69 Å². The van der Waals surface area contributed by atoms with Gasteiger partial charge in [0.25, 0.3) is 0 Å². The smallest absolute Gasteiger partial charge is 0.227 e. The highest BCUT2D eigenvalue weighted by molar-refractivity contribution is 6.01. The maximum atomic E-state index is 12.5. The Labute approximate surface area is 149 Å². The second kappa shape index (κ2) is 9.49. The summed E-state index contributed by atoms with van der Waals surface area (Å²) in [7, 11) is 3.63. The minimum absolute atomic E-state index is 0. The van der Waals surface area contributed by atoms with E-state index in [-0.39, 0.29) is 36.6 Å². The van der Waals surface area contributed by atoms with E-state index < -0.39 is 0 Å². The summed E-state index contributed by atoms with van der Waals surface area (Å²) in [6.45, 7) is 4.22. The molecule has 1 atom stereocenters. The molecule has 24 heavy (non-hydrogen) atoms. The molecular formula is C17H26ClN3O3. The van der Waals surface area contributed by atoms with Gasteiger partial charge < -0.3 is 19.9 Å². The lowest BCUT2D eigenvalue weighted by Gasteiger charge is -2.22. The van der Waals surface area contributed by atoms with Crippen molar-refractivity contribution in [3.63, 3.8) is 0 Å². The first-order chi connectivity index (χ1) is 11.1. The van der Waals surface area contributed by atoms with Gasteiger partial charge in [0.15, 0.2) is 0 Å². The lowest BCUT2D eigenvalue weighted by atomic mass is 10.1. The first-order valence-corrected chi connectivity index (χ1v) is 8.00. The summed E-state index contributed by atoms with van der Waals surface area (Å²) < 4.78 is 5.60. The molecule has 0 bridgehead atoms. The van der Waals surface area contributed by atoms with Crippen LogP contribution in [-0.2, 0) is 9.59 Å². The van der Waals surface area contributed by atoms with E-state index in [2.05, 4.69) is 5.32 Å². The van der Waals surface area contributed by atoms with Crippen molar-refractivity contribution in [3.8, 4) is 5.75 Å². The van der Waals surface area contributed by atoms with Crippen molar-refractivity contribution in [2.24, 2.45) is 5.92 Å². The van der Waals surface area contributed by atoms with Crippen LogP contribution in [0, 0.1) is 5.92 Å². The number of hydrogen-bond acceptors (Lipinski definition) is 4. The molecule has 0 aromatic heterocycles. The quantitative estimate of drug-likeness (QED) is 0.806. The molecule has 1 unspecified atom stereocenters. The molecule has 0 radical (unpaired) electrons. The SMILES string of the molecule is CCOc1ccccc1N1CC(C(=O)N(C)CCNC)CC1=O.Cl. The highest BCUT2D eigenvalue weighted by Crippen LogP contribution is 2.33. The third kappa shape index (κ3) is 4.61. The highest BCUT2D eigenvalue weighted by Gasteiger charge is 2.37. The number of anilines is 1. The Balaban J connectivity index is 0.00000288. The van der Waals surface area contributed by atoms with E-state index in [0.29, 0.717) is 25.4 Å². The van der Waals surface area contributed by atoms with Gasteiger partial charge in [-0.2, -0.15) is 0 Å². The van der Waals surface area contributed by atoms with E-state index in [1.54, 1.807) is 16.8 Å². The van der Waals surface area contributed by atoms with Crippen molar-refractivity contribution >= 4 is 29.9 Å². The fraction of sp³-hybridized carbons (Fsp3) is 0.529. The molecule has 1 fully saturated rings. The van der Waals surface area contributed by atoms with Gasteiger partial charge in [-0.1, -0.05) is 12.1 Å². The van der Waals surface area contributed by atoms with Crippen LogP contribution in [0.3, 0.4) is 0 Å². The Kier molecular flexibility index (Phi) is 8.01. The first-order valence-electron chi connectivity index (χ1n) is 8.00. The number of halogens is 1. The van der Waals surface area contributed by atoms with Crippen LogP contribution in [-0.4, -0.2) is 57.1 Å². The maximum Gasteiger partial charge on any atom is 0.227 e. The monoisotopic (exact) mass is 355 g/mol. The van der Waals surface area contributed by atoms with Crippen LogP contribution in [0.2, 0.25) is 0 Å². The highest BCUT2D eigenvalue weighted by atomic mass is 35.5. The van der Waals surface area contributed by atoms with E-state index >= 15 is 0 Å². The van der Waals surface area contributed by atoms with Gasteiger partial charge in [-0.05, 0) is 26.1 Å². The van der Waals surface area contributed by atoms with E-state index in [1.807, 2.05) is 38.2 Å². The van der Waals surface area contributed by atoms with Gasteiger partial charge in [-0.3, -0.25) is 9.59 Å². The maximum absolute atomic E-state index is 12.5. The number of ether oxygens (including phenoxy) is 1. The van der Waals surface area contributed by atoms with Gasteiger partial charge in [0.05, 0.1) is 18.2 Å². The number of rotatable bonds is 7. The fourth-order valence-corrected chi connectivity index (χ4v) is 2.76. The van der Waals surface area contributed by atoms with Crippen molar-refractivity contribution in [1.29, 1.82) is 0 Å². The topological polar surface area (TPSA) is 61.9 Å². The van der Waals surface area contributed by atoms with E-state index in [1.165, 1.54) is 0 Å². The Morgan fingerprint density at radius 1 is 1.42 bits per heavy atom. The zero-order valence-electron chi connectivity index (χ0n) is 14.4. The van der Waals surface area contributed by atoms with Gasteiger partial charge in [0.2, 0.25) is 11.8 Å².